The van der Waals surface area contributed by atoms with Crippen molar-refractivity contribution in [1.29, 1.82) is 0 Å². The Bertz CT molecular complexity index is 596. The van der Waals surface area contributed by atoms with Gasteiger partial charge >= 0.3 is 0 Å². The fraction of sp³-hybridized carbons (Fsp3) is 0.727. The Balaban J connectivity index is 1.64. The number of rotatable bonds is 4. The van der Waals surface area contributed by atoms with E-state index in [0.717, 1.165) is 24.0 Å². The van der Waals surface area contributed by atoms with Crippen LogP contribution in [0.1, 0.15) is 75.3 Å². The second-order valence-corrected chi connectivity index (χ2v) is 8.45. The number of aliphatic hydroxyl groups is 1. The second kappa shape index (κ2) is 6.37. The summed E-state index contributed by atoms with van der Waals surface area (Å²) in [6.07, 6.45) is 11.0. The summed E-state index contributed by atoms with van der Waals surface area (Å²) in [5.74, 6) is 3.24. The number of unbranched alkanes of at least 4 members (excludes halogenated alkanes) is 1. The van der Waals surface area contributed by atoms with Crippen LogP contribution in [0.4, 0.5) is 0 Å². The van der Waals surface area contributed by atoms with Gasteiger partial charge < -0.3 is 9.84 Å². The Morgan fingerprint density at radius 2 is 2.08 bits per heavy atom. The monoisotopic (exact) mass is 328 g/mol. The molecular weight excluding hydrogens is 296 g/mol. The van der Waals surface area contributed by atoms with Crippen LogP contribution < -0.4 is 4.74 Å². The summed E-state index contributed by atoms with van der Waals surface area (Å²) in [5, 5.41) is 10.8. The van der Waals surface area contributed by atoms with Gasteiger partial charge in [-0.25, -0.2) is 0 Å². The average molecular weight is 328 g/mol. The summed E-state index contributed by atoms with van der Waals surface area (Å²) in [5.41, 5.74) is 3.33. The van der Waals surface area contributed by atoms with Crippen LogP contribution in [0.3, 0.4) is 0 Å². The highest BCUT2D eigenvalue weighted by Crippen LogP contribution is 2.62. The van der Waals surface area contributed by atoms with Gasteiger partial charge in [-0.2, -0.15) is 0 Å². The molecule has 0 aliphatic heterocycles. The topological polar surface area (TPSA) is 29.5 Å². The minimum absolute atomic E-state index is 0.0488. The van der Waals surface area contributed by atoms with Crippen LogP contribution in [0, 0.1) is 17.3 Å². The smallest absolute Gasteiger partial charge is 0.119 e. The van der Waals surface area contributed by atoms with Gasteiger partial charge in [0.2, 0.25) is 0 Å². The van der Waals surface area contributed by atoms with Crippen LogP contribution >= 0.6 is 0 Å². The third-order valence-corrected chi connectivity index (χ3v) is 7.60. The summed E-state index contributed by atoms with van der Waals surface area (Å²) in [6, 6.07) is 6.73. The number of benzene rings is 1. The van der Waals surface area contributed by atoms with E-state index in [1.807, 2.05) is 0 Å². The van der Waals surface area contributed by atoms with Crippen molar-refractivity contribution >= 4 is 0 Å². The van der Waals surface area contributed by atoms with Crippen molar-refractivity contribution in [2.75, 3.05) is 7.11 Å². The maximum atomic E-state index is 10.8. The van der Waals surface area contributed by atoms with Gasteiger partial charge in [0.1, 0.15) is 5.75 Å². The van der Waals surface area contributed by atoms with Crippen molar-refractivity contribution in [1.82, 2.24) is 0 Å². The van der Waals surface area contributed by atoms with Crippen LogP contribution in [0.2, 0.25) is 0 Å². The van der Waals surface area contributed by atoms with Crippen LogP contribution in [-0.4, -0.2) is 18.3 Å². The number of methoxy groups -OCH3 is 1. The molecule has 3 aliphatic rings. The zero-order chi connectivity index (χ0) is 16.7. The molecule has 1 aromatic rings. The van der Waals surface area contributed by atoms with Crippen molar-refractivity contribution < 1.29 is 9.84 Å². The predicted octanol–water partition coefficient (Wildman–Crippen LogP) is 5.08. The molecule has 0 aromatic heterocycles. The molecule has 5 atom stereocenters. The summed E-state index contributed by atoms with van der Waals surface area (Å²) in [6.45, 7) is 2.28. The highest BCUT2D eigenvalue weighted by Gasteiger charge is 2.56. The van der Waals surface area contributed by atoms with E-state index in [-0.39, 0.29) is 11.5 Å². The van der Waals surface area contributed by atoms with Gasteiger partial charge in [-0.05, 0) is 91.4 Å². The van der Waals surface area contributed by atoms with Crippen LogP contribution in [0.25, 0.3) is 0 Å². The molecule has 1 N–H and O–H groups in total. The molecule has 0 saturated heterocycles. The molecule has 2 fully saturated rings. The van der Waals surface area contributed by atoms with E-state index in [2.05, 4.69) is 25.1 Å². The second-order valence-electron chi connectivity index (χ2n) is 8.45. The quantitative estimate of drug-likeness (QED) is 0.835. The first kappa shape index (κ1) is 16.4. The van der Waals surface area contributed by atoms with E-state index >= 15 is 0 Å². The highest BCUT2D eigenvalue weighted by molar-refractivity contribution is 5.40. The lowest BCUT2D eigenvalue weighted by Crippen LogP contribution is -2.45. The molecule has 4 rings (SSSR count). The van der Waals surface area contributed by atoms with E-state index < -0.39 is 0 Å². The SMILES string of the molecule is CCCCC12CC[C@@H]3c4ccc(OC)cc4CC[C@H]3[C@@H]1CC[C@@H]2O. The molecule has 24 heavy (non-hydrogen) atoms. The minimum Gasteiger partial charge on any atom is -0.497 e. The molecule has 1 aromatic carbocycles. The van der Waals surface area contributed by atoms with Crippen molar-refractivity contribution in [2.24, 2.45) is 17.3 Å². The zero-order valence-electron chi connectivity index (χ0n) is 15.3. The fourth-order valence-corrected chi connectivity index (χ4v) is 6.45. The van der Waals surface area contributed by atoms with E-state index in [4.69, 9.17) is 4.74 Å². The van der Waals surface area contributed by atoms with Gasteiger partial charge in [0, 0.05) is 0 Å². The number of hydrogen-bond acceptors (Lipinski definition) is 2. The first-order chi connectivity index (χ1) is 11.7. The van der Waals surface area contributed by atoms with Gasteiger partial charge in [0.25, 0.3) is 0 Å². The molecule has 1 unspecified atom stereocenters. The summed E-state index contributed by atoms with van der Waals surface area (Å²) in [7, 11) is 1.76. The molecular formula is C22H32O2. The largest absolute Gasteiger partial charge is 0.497 e. The molecule has 3 aliphatic carbocycles. The number of hydrogen-bond donors (Lipinski definition) is 1. The summed E-state index contributed by atoms with van der Waals surface area (Å²) >= 11 is 0. The summed E-state index contributed by atoms with van der Waals surface area (Å²) in [4.78, 5) is 0. The van der Waals surface area contributed by atoms with E-state index in [9.17, 15) is 5.11 Å². The first-order valence-electron chi connectivity index (χ1n) is 10.0. The lowest BCUT2D eigenvalue weighted by atomic mass is 9.53. The van der Waals surface area contributed by atoms with Crippen molar-refractivity contribution in [3.63, 3.8) is 0 Å². The Labute approximate surface area is 146 Å². The highest BCUT2D eigenvalue weighted by atomic mass is 16.5. The predicted molar refractivity (Wildman–Crippen MR) is 97.5 cm³/mol. The molecule has 2 saturated carbocycles. The molecule has 132 valence electrons. The molecule has 0 spiro atoms. The lowest BCUT2D eigenvalue weighted by molar-refractivity contribution is -0.0441. The maximum absolute atomic E-state index is 10.8. The van der Waals surface area contributed by atoms with Gasteiger partial charge in [0.05, 0.1) is 13.2 Å². The van der Waals surface area contributed by atoms with Gasteiger partial charge in [-0.3, -0.25) is 0 Å². The first-order valence-corrected chi connectivity index (χ1v) is 10.0. The van der Waals surface area contributed by atoms with Crippen LogP contribution in [-0.2, 0) is 6.42 Å². The molecule has 2 heteroatoms. The third-order valence-electron chi connectivity index (χ3n) is 7.60. The lowest BCUT2D eigenvalue weighted by Gasteiger charge is -2.52. The maximum Gasteiger partial charge on any atom is 0.119 e. The minimum atomic E-state index is -0.0488. The van der Waals surface area contributed by atoms with Gasteiger partial charge in [0.15, 0.2) is 0 Å². The third kappa shape index (κ3) is 2.41. The Hall–Kier alpha value is -1.02. The van der Waals surface area contributed by atoms with E-state index in [1.165, 1.54) is 56.9 Å². The number of aryl methyl sites for hydroxylation is 1. The van der Waals surface area contributed by atoms with Crippen molar-refractivity contribution in [3.8, 4) is 5.75 Å². The number of aliphatic hydroxyl groups excluding tert-OH is 1. The fourth-order valence-electron chi connectivity index (χ4n) is 6.45. The molecule has 0 radical (unpaired) electrons. The Kier molecular flexibility index (Phi) is 4.36. The Morgan fingerprint density at radius 3 is 2.88 bits per heavy atom. The van der Waals surface area contributed by atoms with Crippen LogP contribution in [0.15, 0.2) is 18.2 Å². The van der Waals surface area contributed by atoms with Crippen molar-refractivity contribution in [2.45, 2.75) is 76.7 Å². The molecule has 0 bridgehead atoms. The number of ether oxygens (including phenoxy) is 1. The standard InChI is InChI=1S/C22H32O2/c1-3-4-12-22-13-11-18-17-8-6-16(24-2)14-15(17)5-7-19(18)20(22)9-10-21(22)23/h6,8,14,18-21,23H,3-5,7,9-13H2,1-2H3/t18-,19-,20+,21+,22?/m1/s1. The normalized spacial score (nSPS) is 37.5. The molecule has 0 amide bonds. The van der Waals surface area contributed by atoms with Gasteiger partial charge in [-0.1, -0.05) is 25.8 Å². The molecule has 2 nitrogen and oxygen atoms in total. The summed E-state index contributed by atoms with van der Waals surface area (Å²) < 4.78 is 5.43. The number of fused-ring (bicyclic) bond motifs is 5. The van der Waals surface area contributed by atoms with Gasteiger partial charge in [-0.15, -0.1) is 0 Å². The Morgan fingerprint density at radius 1 is 1.21 bits per heavy atom. The van der Waals surface area contributed by atoms with Crippen LogP contribution in [0.5, 0.6) is 5.75 Å². The van der Waals surface area contributed by atoms with E-state index in [1.54, 1.807) is 12.7 Å². The van der Waals surface area contributed by atoms with E-state index in [0.29, 0.717) is 5.92 Å². The zero-order valence-corrected chi connectivity index (χ0v) is 15.3. The van der Waals surface area contributed by atoms with Crippen molar-refractivity contribution in [3.05, 3.63) is 29.3 Å². The average Bonchev–Trinajstić information content (AvgIpc) is 2.96. The molecule has 0 heterocycles.